The van der Waals surface area contributed by atoms with E-state index >= 15 is 0 Å². The zero-order valence-corrected chi connectivity index (χ0v) is 11.2. The van der Waals surface area contributed by atoms with E-state index in [9.17, 15) is 18.0 Å². The summed E-state index contributed by atoms with van der Waals surface area (Å²) in [6, 6.07) is 6.90. The number of nitrogens with two attached hydrogens (primary N) is 1. The third-order valence-corrected chi connectivity index (χ3v) is 3.06. The highest BCUT2D eigenvalue weighted by Crippen LogP contribution is 2.24. The number of carbonyl (C=O) groups excluding carboxylic acids is 1. The largest absolute Gasteiger partial charge is 0.376 e. The minimum atomic E-state index is -1.01. The summed E-state index contributed by atoms with van der Waals surface area (Å²) in [5.74, 6) is -3.22. The van der Waals surface area contributed by atoms with E-state index in [1.54, 1.807) is 19.1 Å². The van der Waals surface area contributed by atoms with E-state index in [1.165, 1.54) is 12.1 Å². The lowest BCUT2D eigenvalue weighted by Gasteiger charge is -2.17. The topological polar surface area (TPSA) is 55.1 Å². The molecular formula is C15H13F3N2O. The van der Waals surface area contributed by atoms with Crippen LogP contribution in [0.1, 0.15) is 28.9 Å². The number of benzene rings is 2. The fraction of sp³-hybridized carbons (Fsp3) is 0.133. The van der Waals surface area contributed by atoms with Gasteiger partial charge in [0.2, 0.25) is 0 Å². The Balaban J connectivity index is 2.28. The minimum Gasteiger partial charge on any atom is -0.376 e. The molecule has 1 unspecified atom stereocenters. The van der Waals surface area contributed by atoms with Gasteiger partial charge in [0.15, 0.2) is 0 Å². The molecule has 0 aliphatic heterocycles. The maximum Gasteiger partial charge on any atom is 0.251 e. The monoisotopic (exact) mass is 294 g/mol. The van der Waals surface area contributed by atoms with Crippen molar-refractivity contribution in [2.24, 2.45) is 5.73 Å². The van der Waals surface area contributed by atoms with Gasteiger partial charge in [-0.3, -0.25) is 4.79 Å². The number of nitrogens with one attached hydrogen (secondary N) is 1. The predicted molar refractivity (Wildman–Crippen MR) is 73.3 cm³/mol. The summed E-state index contributed by atoms with van der Waals surface area (Å²) in [4.78, 5) is 11.1. The zero-order valence-electron chi connectivity index (χ0n) is 11.2. The number of rotatable bonds is 4. The molecule has 0 saturated heterocycles. The second kappa shape index (κ2) is 5.87. The first-order valence-electron chi connectivity index (χ1n) is 6.19. The van der Waals surface area contributed by atoms with E-state index in [1.807, 2.05) is 0 Å². The molecule has 2 rings (SSSR count). The second-order valence-electron chi connectivity index (χ2n) is 4.59. The first kappa shape index (κ1) is 14.9. The zero-order chi connectivity index (χ0) is 15.6. The van der Waals surface area contributed by atoms with Crippen molar-refractivity contribution >= 4 is 11.6 Å². The van der Waals surface area contributed by atoms with Gasteiger partial charge in [0.1, 0.15) is 17.5 Å². The highest BCUT2D eigenvalue weighted by atomic mass is 19.1. The Kier molecular flexibility index (Phi) is 4.16. The van der Waals surface area contributed by atoms with Gasteiger partial charge in [-0.15, -0.1) is 0 Å². The molecule has 0 aliphatic rings. The molecule has 0 heterocycles. The summed E-state index contributed by atoms with van der Waals surface area (Å²) in [7, 11) is 0. The number of hydrogen-bond donors (Lipinski definition) is 2. The van der Waals surface area contributed by atoms with Crippen molar-refractivity contribution < 1.29 is 18.0 Å². The molecule has 0 bridgehead atoms. The van der Waals surface area contributed by atoms with Crippen LogP contribution in [0.5, 0.6) is 0 Å². The average Bonchev–Trinajstić information content (AvgIpc) is 2.42. The molecule has 0 spiro atoms. The van der Waals surface area contributed by atoms with E-state index in [4.69, 9.17) is 5.73 Å². The van der Waals surface area contributed by atoms with Gasteiger partial charge in [0.25, 0.3) is 5.91 Å². The van der Waals surface area contributed by atoms with Crippen LogP contribution >= 0.6 is 0 Å². The third kappa shape index (κ3) is 3.34. The summed E-state index contributed by atoms with van der Waals surface area (Å²) in [5, 5.41) is 2.80. The van der Waals surface area contributed by atoms with Crippen LogP contribution in [0.4, 0.5) is 18.9 Å². The molecule has 21 heavy (non-hydrogen) atoms. The number of carbonyl (C=O) groups is 1. The van der Waals surface area contributed by atoms with Crippen LogP contribution in [-0.2, 0) is 0 Å². The first-order chi connectivity index (χ1) is 9.88. The van der Waals surface area contributed by atoms with Crippen LogP contribution < -0.4 is 11.1 Å². The first-order valence-corrected chi connectivity index (χ1v) is 6.19. The highest BCUT2D eigenvalue weighted by molar-refractivity contribution is 5.94. The lowest BCUT2D eigenvalue weighted by Crippen LogP contribution is -2.15. The quantitative estimate of drug-likeness (QED) is 0.908. The standard InChI is InChI=1S/C15H13F3N2O/c1-8(9-2-4-10(16)5-3-9)20-14-6-11(15(19)21)12(17)7-13(14)18/h2-8,20H,1H3,(H2,19,21). The lowest BCUT2D eigenvalue weighted by atomic mass is 10.1. The summed E-state index contributed by atoms with van der Waals surface area (Å²) >= 11 is 0. The maximum atomic E-state index is 13.7. The predicted octanol–water partition coefficient (Wildman–Crippen LogP) is 3.38. The van der Waals surface area contributed by atoms with Gasteiger partial charge in [-0.05, 0) is 30.7 Å². The van der Waals surface area contributed by atoms with Crippen molar-refractivity contribution in [1.82, 2.24) is 0 Å². The van der Waals surface area contributed by atoms with Crippen LogP contribution in [0.3, 0.4) is 0 Å². The van der Waals surface area contributed by atoms with Gasteiger partial charge >= 0.3 is 0 Å². The Morgan fingerprint density at radius 1 is 1.10 bits per heavy atom. The molecule has 3 N–H and O–H groups in total. The van der Waals surface area contributed by atoms with Gasteiger partial charge in [0.05, 0.1) is 11.3 Å². The summed E-state index contributed by atoms with van der Waals surface area (Å²) in [5.41, 5.74) is 5.28. The molecule has 0 fully saturated rings. The molecule has 110 valence electrons. The van der Waals surface area contributed by atoms with Crippen LogP contribution in [0, 0.1) is 17.5 Å². The molecule has 3 nitrogen and oxygen atoms in total. The molecular weight excluding hydrogens is 281 g/mol. The van der Waals surface area contributed by atoms with Gasteiger partial charge in [-0.1, -0.05) is 12.1 Å². The summed E-state index contributed by atoms with van der Waals surface area (Å²) in [6.45, 7) is 1.72. The summed E-state index contributed by atoms with van der Waals surface area (Å²) < 4.78 is 39.9. The Bertz CT molecular complexity index is 671. The second-order valence-corrected chi connectivity index (χ2v) is 4.59. The fourth-order valence-electron chi connectivity index (χ4n) is 1.92. The summed E-state index contributed by atoms with van der Waals surface area (Å²) in [6.07, 6.45) is 0. The van der Waals surface area contributed by atoms with E-state index in [2.05, 4.69) is 5.32 Å². The molecule has 1 atom stereocenters. The van der Waals surface area contributed by atoms with Crippen LogP contribution in [0.15, 0.2) is 36.4 Å². The number of halogens is 3. The van der Waals surface area contributed by atoms with Gasteiger partial charge in [-0.2, -0.15) is 0 Å². The Hall–Kier alpha value is -2.50. The minimum absolute atomic E-state index is 0.0537. The molecule has 2 aromatic carbocycles. The van der Waals surface area contributed by atoms with Crippen molar-refractivity contribution in [1.29, 1.82) is 0 Å². The Morgan fingerprint density at radius 2 is 1.71 bits per heavy atom. The molecule has 0 aliphatic carbocycles. The SMILES string of the molecule is CC(Nc1cc(C(N)=O)c(F)cc1F)c1ccc(F)cc1. The maximum absolute atomic E-state index is 13.7. The average molecular weight is 294 g/mol. The van der Waals surface area contributed by atoms with E-state index in [0.29, 0.717) is 11.6 Å². The normalized spacial score (nSPS) is 12.0. The van der Waals surface area contributed by atoms with Crippen molar-refractivity contribution in [2.75, 3.05) is 5.32 Å². The van der Waals surface area contributed by atoms with Crippen molar-refractivity contribution in [3.8, 4) is 0 Å². The lowest BCUT2D eigenvalue weighted by molar-refractivity contribution is 0.0996. The van der Waals surface area contributed by atoms with Gasteiger partial charge < -0.3 is 11.1 Å². The van der Waals surface area contributed by atoms with Crippen molar-refractivity contribution in [3.05, 3.63) is 65.0 Å². The molecule has 0 radical (unpaired) electrons. The van der Waals surface area contributed by atoms with E-state index in [0.717, 1.165) is 6.07 Å². The molecule has 0 aromatic heterocycles. The molecule has 6 heteroatoms. The van der Waals surface area contributed by atoms with Crippen LogP contribution in [0.2, 0.25) is 0 Å². The Labute approximate surface area is 119 Å². The number of primary amides is 1. The van der Waals surface area contributed by atoms with Crippen molar-refractivity contribution in [3.63, 3.8) is 0 Å². The Morgan fingerprint density at radius 3 is 2.29 bits per heavy atom. The van der Waals surface area contributed by atoms with Crippen LogP contribution in [-0.4, -0.2) is 5.91 Å². The van der Waals surface area contributed by atoms with E-state index < -0.39 is 23.1 Å². The molecule has 2 aromatic rings. The van der Waals surface area contributed by atoms with E-state index in [-0.39, 0.29) is 17.5 Å². The highest BCUT2D eigenvalue weighted by Gasteiger charge is 2.15. The molecule has 1 amide bonds. The van der Waals surface area contributed by atoms with Gasteiger partial charge in [0, 0.05) is 12.1 Å². The third-order valence-electron chi connectivity index (χ3n) is 3.06. The van der Waals surface area contributed by atoms with Crippen molar-refractivity contribution in [2.45, 2.75) is 13.0 Å². The fourth-order valence-corrected chi connectivity index (χ4v) is 1.92. The number of amides is 1. The smallest absolute Gasteiger partial charge is 0.251 e. The van der Waals surface area contributed by atoms with Crippen LogP contribution in [0.25, 0.3) is 0 Å². The number of hydrogen-bond acceptors (Lipinski definition) is 2. The molecule has 0 saturated carbocycles. The van der Waals surface area contributed by atoms with Gasteiger partial charge in [-0.25, -0.2) is 13.2 Å². The number of anilines is 1.